The molecule has 0 aromatic carbocycles. The highest BCUT2D eigenvalue weighted by Gasteiger charge is 2.18. The monoisotopic (exact) mass is 253 g/mol. The lowest BCUT2D eigenvalue weighted by molar-refractivity contribution is 0.0662. The Morgan fingerprint density at radius 1 is 1.29 bits per heavy atom. The average molecular weight is 253 g/mol. The van der Waals surface area contributed by atoms with E-state index in [1.807, 2.05) is 24.2 Å². The summed E-state index contributed by atoms with van der Waals surface area (Å²) in [6.45, 7) is 7.84. The lowest BCUT2D eigenvalue weighted by Crippen LogP contribution is -2.52. The summed E-state index contributed by atoms with van der Waals surface area (Å²) >= 11 is 1.63. The first-order valence-electron chi connectivity index (χ1n) is 5.87. The van der Waals surface area contributed by atoms with Crippen LogP contribution in [-0.2, 0) is 0 Å². The van der Waals surface area contributed by atoms with Crippen LogP contribution in [-0.4, -0.2) is 49.0 Å². The first-order valence-corrected chi connectivity index (χ1v) is 6.75. The molecule has 2 heterocycles. The van der Waals surface area contributed by atoms with Crippen molar-refractivity contribution in [3.63, 3.8) is 0 Å². The Hall–Kier alpha value is -0.910. The molecule has 1 aliphatic rings. The highest BCUT2D eigenvalue weighted by atomic mass is 32.1. The molecule has 1 aromatic heterocycles. The summed E-state index contributed by atoms with van der Waals surface area (Å²) in [4.78, 5) is 15.6. The molecule has 0 atom stereocenters. The molecule has 17 heavy (non-hydrogen) atoms. The third kappa shape index (κ3) is 2.86. The Morgan fingerprint density at radius 3 is 2.47 bits per heavy atom. The molecular formula is C12H19N3OS. The molecule has 0 bridgehead atoms. The number of hydrogen-bond acceptors (Lipinski definition) is 4. The van der Waals surface area contributed by atoms with Crippen molar-refractivity contribution in [2.45, 2.75) is 13.8 Å². The second kappa shape index (κ2) is 5.16. The number of hydrazine groups is 1. The van der Waals surface area contributed by atoms with E-state index >= 15 is 0 Å². The zero-order chi connectivity index (χ0) is 12.4. The Balaban J connectivity index is 1.95. The molecule has 1 saturated heterocycles. The molecule has 1 aliphatic heterocycles. The van der Waals surface area contributed by atoms with E-state index < -0.39 is 0 Å². The van der Waals surface area contributed by atoms with E-state index in [2.05, 4.69) is 17.4 Å². The predicted molar refractivity (Wildman–Crippen MR) is 70.3 cm³/mol. The number of likely N-dealkylation sites (N-methyl/N-ethyl adjacent to an activating group) is 1. The molecule has 0 radical (unpaired) electrons. The molecule has 1 N–H and O–H groups in total. The molecule has 1 amide bonds. The molecule has 4 nitrogen and oxygen atoms in total. The van der Waals surface area contributed by atoms with Crippen LogP contribution in [0.5, 0.6) is 0 Å². The van der Waals surface area contributed by atoms with Crippen molar-refractivity contribution in [2.24, 2.45) is 0 Å². The summed E-state index contributed by atoms with van der Waals surface area (Å²) in [6, 6.07) is 0. The van der Waals surface area contributed by atoms with Gasteiger partial charge in [-0.2, -0.15) is 0 Å². The molecular weight excluding hydrogens is 234 g/mol. The van der Waals surface area contributed by atoms with Crippen LogP contribution in [0.2, 0.25) is 0 Å². The van der Waals surface area contributed by atoms with E-state index in [9.17, 15) is 4.79 Å². The van der Waals surface area contributed by atoms with Crippen molar-refractivity contribution in [3.8, 4) is 0 Å². The van der Waals surface area contributed by atoms with Gasteiger partial charge in [0, 0.05) is 36.4 Å². The van der Waals surface area contributed by atoms with Crippen LogP contribution in [0.1, 0.15) is 20.8 Å². The number of rotatable bonds is 2. The van der Waals surface area contributed by atoms with Gasteiger partial charge >= 0.3 is 0 Å². The van der Waals surface area contributed by atoms with E-state index in [-0.39, 0.29) is 5.91 Å². The van der Waals surface area contributed by atoms with Gasteiger partial charge < -0.3 is 4.90 Å². The molecule has 2 rings (SSSR count). The minimum absolute atomic E-state index is 0.0244. The van der Waals surface area contributed by atoms with Gasteiger partial charge in [-0.1, -0.05) is 0 Å². The average Bonchev–Trinajstić information content (AvgIpc) is 2.63. The van der Waals surface area contributed by atoms with Crippen LogP contribution in [0.3, 0.4) is 0 Å². The zero-order valence-corrected chi connectivity index (χ0v) is 11.4. The largest absolute Gasteiger partial charge is 0.304 e. The van der Waals surface area contributed by atoms with Gasteiger partial charge in [0.1, 0.15) is 0 Å². The zero-order valence-electron chi connectivity index (χ0n) is 10.6. The molecule has 0 aliphatic carbocycles. The minimum Gasteiger partial charge on any atom is -0.304 e. The highest BCUT2D eigenvalue weighted by molar-refractivity contribution is 7.10. The first kappa shape index (κ1) is 12.5. The Labute approximate surface area is 106 Å². The molecule has 94 valence electrons. The molecule has 0 saturated carbocycles. The quantitative estimate of drug-likeness (QED) is 0.862. The van der Waals surface area contributed by atoms with Crippen LogP contribution in [0.25, 0.3) is 0 Å². The number of amides is 1. The molecule has 1 aromatic rings. The van der Waals surface area contributed by atoms with Crippen LogP contribution in [0, 0.1) is 13.8 Å². The van der Waals surface area contributed by atoms with Gasteiger partial charge in [-0.25, -0.2) is 5.01 Å². The summed E-state index contributed by atoms with van der Waals surface area (Å²) < 4.78 is 0. The van der Waals surface area contributed by atoms with Crippen molar-refractivity contribution in [3.05, 3.63) is 21.4 Å². The van der Waals surface area contributed by atoms with Gasteiger partial charge in [-0.15, -0.1) is 11.3 Å². The lowest BCUT2D eigenvalue weighted by atomic mass is 10.2. The fraction of sp³-hybridized carbons (Fsp3) is 0.583. The third-order valence-corrected chi connectivity index (χ3v) is 4.31. The number of hydrogen-bond donors (Lipinski definition) is 1. The second-order valence-electron chi connectivity index (χ2n) is 4.56. The molecule has 0 unspecified atom stereocenters. The summed E-state index contributed by atoms with van der Waals surface area (Å²) in [6.07, 6.45) is 0. The summed E-state index contributed by atoms with van der Waals surface area (Å²) in [7, 11) is 2.10. The molecule has 0 spiro atoms. The van der Waals surface area contributed by atoms with Gasteiger partial charge in [-0.3, -0.25) is 10.2 Å². The first-order chi connectivity index (χ1) is 8.08. The van der Waals surface area contributed by atoms with Gasteiger partial charge in [0.2, 0.25) is 0 Å². The van der Waals surface area contributed by atoms with Crippen molar-refractivity contribution in [1.29, 1.82) is 0 Å². The topological polar surface area (TPSA) is 35.6 Å². The van der Waals surface area contributed by atoms with Crippen molar-refractivity contribution in [2.75, 3.05) is 33.2 Å². The Kier molecular flexibility index (Phi) is 3.81. The fourth-order valence-electron chi connectivity index (χ4n) is 1.86. The Morgan fingerprint density at radius 2 is 1.94 bits per heavy atom. The SMILES string of the molecule is Cc1scc(C(=O)NN2CCN(C)CC2)c1C. The van der Waals surface area contributed by atoms with Crippen molar-refractivity contribution < 1.29 is 4.79 Å². The molecule has 5 heteroatoms. The fourth-order valence-corrected chi connectivity index (χ4v) is 2.72. The van der Waals surface area contributed by atoms with Crippen LogP contribution in [0.15, 0.2) is 5.38 Å². The minimum atomic E-state index is 0.0244. The van der Waals surface area contributed by atoms with Gasteiger partial charge in [-0.05, 0) is 26.5 Å². The van der Waals surface area contributed by atoms with Crippen LogP contribution in [0.4, 0.5) is 0 Å². The highest BCUT2D eigenvalue weighted by Crippen LogP contribution is 2.20. The summed E-state index contributed by atoms with van der Waals surface area (Å²) in [5, 5.41) is 3.95. The van der Waals surface area contributed by atoms with Gasteiger partial charge in [0.25, 0.3) is 5.91 Å². The van der Waals surface area contributed by atoms with E-state index in [0.29, 0.717) is 0 Å². The lowest BCUT2D eigenvalue weighted by Gasteiger charge is -2.32. The maximum absolute atomic E-state index is 12.1. The van der Waals surface area contributed by atoms with Crippen molar-refractivity contribution in [1.82, 2.24) is 15.3 Å². The standard InChI is InChI=1S/C12H19N3OS/c1-9-10(2)17-8-11(9)12(16)13-15-6-4-14(3)5-7-15/h8H,4-7H2,1-3H3,(H,13,16). The maximum atomic E-state index is 12.1. The number of carbonyl (C=O) groups is 1. The number of aryl methyl sites for hydroxylation is 1. The smallest absolute Gasteiger partial charge is 0.266 e. The number of thiophene rings is 1. The van der Waals surface area contributed by atoms with Crippen LogP contribution >= 0.6 is 11.3 Å². The normalized spacial score (nSPS) is 18.3. The maximum Gasteiger partial charge on any atom is 0.266 e. The van der Waals surface area contributed by atoms with E-state index in [0.717, 1.165) is 37.3 Å². The van der Waals surface area contributed by atoms with E-state index in [4.69, 9.17) is 0 Å². The van der Waals surface area contributed by atoms with E-state index in [1.165, 1.54) is 4.88 Å². The predicted octanol–water partition coefficient (Wildman–Crippen LogP) is 1.26. The summed E-state index contributed by atoms with van der Waals surface area (Å²) in [5.74, 6) is 0.0244. The Bertz CT molecular complexity index is 408. The third-order valence-electron chi connectivity index (χ3n) is 3.29. The van der Waals surface area contributed by atoms with Gasteiger partial charge in [0.15, 0.2) is 0 Å². The molecule has 1 fully saturated rings. The van der Waals surface area contributed by atoms with E-state index in [1.54, 1.807) is 11.3 Å². The van der Waals surface area contributed by atoms with Crippen molar-refractivity contribution >= 4 is 17.2 Å². The van der Waals surface area contributed by atoms with Gasteiger partial charge in [0.05, 0.1) is 5.56 Å². The number of nitrogens with one attached hydrogen (secondary N) is 1. The second-order valence-corrected chi connectivity index (χ2v) is 5.65. The number of piperazine rings is 1. The number of carbonyl (C=O) groups excluding carboxylic acids is 1. The summed E-state index contributed by atoms with van der Waals surface area (Å²) in [5.41, 5.74) is 4.89. The van der Waals surface area contributed by atoms with Crippen LogP contribution < -0.4 is 5.43 Å². The number of nitrogens with zero attached hydrogens (tertiary/aromatic N) is 2.